The number of hydrogen-bond acceptors (Lipinski definition) is 5. The van der Waals surface area contributed by atoms with E-state index in [0.717, 1.165) is 36.7 Å². The summed E-state index contributed by atoms with van der Waals surface area (Å²) in [6.45, 7) is 5.68. The number of aliphatic hydroxyl groups excluding tert-OH is 1. The average Bonchev–Trinajstić information content (AvgIpc) is 3.05. The second kappa shape index (κ2) is 6.72. The molecule has 0 aliphatic carbocycles. The molecule has 1 saturated heterocycles. The lowest BCUT2D eigenvalue weighted by molar-refractivity contribution is -0.124. The molecule has 108 valence electrons. The van der Waals surface area contributed by atoms with E-state index in [9.17, 15) is 9.90 Å². The Labute approximate surface area is 118 Å². The van der Waals surface area contributed by atoms with Crippen LogP contribution >= 0.6 is 11.8 Å². The van der Waals surface area contributed by atoms with Crippen molar-refractivity contribution in [2.75, 3.05) is 18.8 Å². The van der Waals surface area contributed by atoms with E-state index in [2.05, 4.69) is 15.6 Å². The Kier molecular flexibility index (Phi) is 5.24. The van der Waals surface area contributed by atoms with Gasteiger partial charge in [-0.2, -0.15) is 0 Å². The lowest BCUT2D eigenvalue weighted by Gasteiger charge is -2.28. The fraction of sp³-hybridized carbons (Fsp3) is 0.846. The number of nitrogens with zero attached hydrogens (tertiary/aromatic N) is 1. The van der Waals surface area contributed by atoms with Crippen LogP contribution in [0.2, 0.25) is 0 Å². The van der Waals surface area contributed by atoms with Crippen LogP contribution in [-0.4, -0.2) is 53.1 Å². The number of carbonyl (C=O) groups is 1. The van der Waals surface area contributed by atoms with Crippen LogP contribution < -0.4 is 10.6 Å². The van der Waals surface area contributed by atoms with E-state index in [1.165, 1.54) is 0 Å². The topological polar surface area (TPSA) is 73.7 Å². The summed E-state index contributed by atoms with van der Waals surface area (Å²) in [5.74, 6) is 1.10. The highest BCUT2D eigenvalue weighted by molar-refractivity contribution is 8.14. The van der Waals surface area contributed by atoms with Gasteiger partial charge < -0.3 is 15.7 Å². The van der Waals surface area contributed by atoms with Gasteiger partial charge in [0.25, 0.3) is 0 Å². The van der Waals surface area contributed by atoms with Crippen LogP contribution in [0.4, 0.5) is 0 Å². The fourth-order valence-corrected chi connectivity index (χ4v) is 3.36. The molecule has 0 aromatic heterocycles. The lowest BCUT2D eigenvalue weighted by atomic mass is 9.98. The molecular weight excluding hydrogens is 262 g/mol. The van der Waals surface area contributed by atoms with Crippen LogP contribution in [0.3, 0.4) is 0 Å². The van der Waals surface area contributed by atoms with Gasteiger partial charge in [-0.25, -0.2) is 0 Å². The van der Waals surface area contributed by atoms with Crippen LogP contribution in [-0.2, 0) is 4.79 Å². The molecule has 6 heteroatoms. The second-order valence-corrected chi connectivity index (χ2v) is 6.56. The Hall–Kier alpha value is -0.590. The number of amides is 1. The van der Waals surface area contributed by atoms with Crippen molar-refractivity contribution in [3.63, 3.8) is 0 Å². The zero-order chi connectivity index (χ0) is 13.8. The molecule has 1 amide bonds. The van der Waals surface area contributed by atoms with Crippen molar-refractivity contribution < 1.29 is 9.90 Å². The van der Waals surface area contributed by atoms with Crippen LogP contribution in [0.5, 0.6) is 0 Å². The zero-order valence-corrected chi connectivity index (χ0v) is 12.4. The van der Waals surface area contributed by atoms with E-state index >= 15 is 0 Å². The van der Waals surface area contributed by atoms with Crippen molar-refractivity contribution in [1.29, 1.82) is 0 Å². The molecule has 2 rings (SSSR count). The Morgan fingerprint density at radius 1 is 1.58 bits per heavy atom. The summed E-state index contributed by atoms with van der Waals surface area (Å²) < 4.78 is 0. The van der Waals surface area contributed by atoms with Gasteiger partial charge in [-0.1, -0.05) is 13.8 Å². The first kappa shape index (κ1) is 14.8. The van der Waals surface area contributed by atoms with Gasteiger partial charge in [0, 0.05) is 12.3 Å². The summed E-state index contributed by atoms with van der Waals surface area (Å²) in [6.07, 6.45) is 1.23. The normalized spacial score (nSPS) is 26.3. The molecule has 3 atom stereocenters. The summed E-state index contributed by atoms with van der Waals surface area (Å²) in [5.41, 5.74) is 0. The van der Waals surface area contributed by atoms with Crippen molar-refractivity contribution >= 4 is 22.7 Å². The van der Waals surface area contributed by atoms with Gasteiger partial charge in [0.15, 0.2) is 0 Å². The minimum atomic E-state index is -0.683. The number of thioether (sulfide) groups is 1. The van der Waals surface area contributed by atoms with Gasteiger partial charge in [-0.05, 0) is 25.3 Å². The summed E-state index contributed by atoms with van der Waals surface area (Å²) in [5, 5.41) is 17.3. The minimum absolute atomic E-state index is 0.00107. The Morgan fingerprint density at radius 2 is 2.37 bits per heavy atom. The summed E-state index contributed by atoms with van der Waals surface area (Å²) in [6, 6.07) is -0.370. The van der Waals surface area contributed by atoms with Gasteiger partial charge in [0.2, 0.25) is 5.91 Å². The van der Waals surface area contributed by atoms with E-state index in [-0.39, 0.29) is 23.9 Å². The highest BCUT2D eigenvalue weighted by atomic mass is 32.2. The predicted octanol–water partition coefficient (Wildman–Crippen LogP) is 0.385. The third-order valence-corrected chi connectivity index (χ3v) is 4.66. The quantitative estimate of drug-likeness (QED) is 0.683. The van der Waals surface area contributed by atoms with Gasteiger partial charge in [-0.3, -0.25) is 9.79 Å². The standard InChI is InChI=1S/C13H23N3O2S/c1-8(2)10(11(17)13-15-6-7-19-13)16-12(18)9-4-3-5-14-9/h8-11,14,17H,3-7H2,1-2H3,(H,16,18)/t9-,10-,11?/m0/s1. The molecule has 19 heavy (non-hydrogen) atoms. The van der Waals surface area contributed by atoms with E-state index in [0.29, 0.717) is 0 Å². The molecule has 0 radical (unpaired) electrons. The molecular formula is C13H23N3O2S. The van der Waals surface area contributed by atoms with Crippen molar-refractivity contribution in [2.24, 2.45) is 10.9 Å². The highest BCUT2D eigenvalue weighted by Crippen LogP contribution is 2.20. The second-order valence-electron chi connectivity index (χ2n) is 5.44. The van der Waals surface area contributed by atoms with Crippen LogP contribution in [0.15, 0.2) is 4.99 Å². The van der Waals surface area contributed by atoms with Gasteiger partial charge in [0.1, 0.15) is 6.10 Å². The predicted molar refractivity (Wildman–Crippen MR) is 78.6 cm³/mol. The first-order valence-electron chi connectivity index (χ1n) is 6.98. The molecule has 0 bridgehead atoms. The van der Waals surface area contributed by atoms with E-state index in [4.69, 9.17) is 0 Å². The molecule has 0 aromatic carbocycles. The molecule has 1 unspecified atom stereocenters. The van der Waals surface area contributed by atoms with E-state index < -0.39 is 6.10 Å². The first-order chi connectivity index (χ1) is 9.09. The SMILES string of the molecule is CC(C)[C@H](NC(=O)[C@@H]1CCCN1)C(O)C1=NCCS1. The molecule has 2 aliphatic heterocycles. The van der Waals surface area contributed by atoms with Crippen molar-refractivity contribution in [1.82, 2.24) is 10.6 Å². The number of rotatable bonds is 5. The maximum atomic E-state index is 12.1. The molecule has 3 N–H and O–H groups in total. The number of aliphatic hydroxyl groups is 1. The third-order valence-electron chi connectivity index (χ3n) is 3.61. The maximum Gasteiger partial charge on any atom is 0.237 e. The molecule has 0 spiro atoms. The summed E-state index contributed by atoms with van der Waals surface area (Å²) >= 11 is 1.59. The number of nitrogens with one attached hydrogen (secondary N) is 2. The molecule has 5 nitrogen and oxygen atoms in total. The number of aliphatic imine (C=N–C) groups is 1. The van der Waals surface area contributed by atoms with Crippen molar-refractivity contribution in [2.45, 2.75) is 44.9 Å². The van der Waals surface area contributed by atoms with Crippen LogP contribution in [0.1, 0.15) is 26.7 Å². The third kappa shape index (κ3) is 3.70. The molecule has 0 saturated carbocycles. The maximum absolute atomic E-state index is 12.1. The molecule has 1 fully saturated rings. The zero-order valence-electron chi connectivity index (χ0n) is 11.6. The van der Waals surface area contributed by atoms with Crippen LogP contribution in [0, 0.1) is 5.92 Å². The molecule has 2 aliphatic rings. The van der Waals surface area contributed by atoms with Gasteiger partial charge >= 0.3 is 0 Å². The van der Waals surface area contributed by atoms with Crippen molar-refractivity contribution in [3.05, 3.63) is 0 Å². The Balaban J connectivity index is 1.97. The smallest absolute Gasteiger partial charge is 0.237 e. The average molecular weight is 285 g/mol. The molecule has 0 aromatic rings. The number of hydrogen-bond donors (Lipinski definition) is 3. The fourth-order valence-electron chi connectivity index (χ4n) is 2.47. The number of carbonyl (C=O) groups excluding carboxylic acids is 1. The monoisotopic (exact) mass is 285 g/mol. The lowest BCUT2D eigenvalue weighted by Crippen LogP contribution is -2.53. The Morgan fingerprint density at radius 3 is 2.89 bits per heavy atom. The summed E-state index contributed by atoms with van der Waals surface area (Å²) in [4.78, 5) is 16.5. The Bertz CT molecular complexity index is 354. The van der Waals surface area contributed by atoms with E-state index in [1.807, 2.05) is 13.8 Å². The van der Waals surface area contributed by atoms with Gasteiger partial charge in [0.05, 0.1) is 17.1 Å². The highest BCUT2D eigenvalue weighted by Gasteiger charge is 2.32. The molecule has 2 heterocycles. The van der Waals surface area contributed by atoms with E-state index in [1.54, 1.807) is 11.8 Å². The minimum Gasteiger partial charge on any atom is -0.384 e. The van der Waals surface area contributed by atoms with Crippen LogP contribution in [0.25, 0.3) is 0 Å². The van der Waals surface area contributed by atoms with Crippen molar-refractivity contribution in [3.8, 4) is 0 Å². The first-order valence-corrected chi connectivity index (χ1v) is 7.97. The largest absolute Gasteiger partial charge is 0.384 e. The van der Waals surface area contributed by atoms with Gasteiger partial charge in [-0.15, -0.1) is 11.8 Å². The summed E-state index contributed by atoms with van der Waals surface area (Å²) in [7, 11) is 0.